The third-order valence-electron chi connectivity index (χ3n) is 2.34. The minimum atomic E-state index is 0.0569. The van der Waals surface area contributed by atoms with Crippen molar-refractivity contribution >= 4 is 6.08 Å². The van der Waals surface area contributed by atoms with E-state index < -0.39 is 0 Å². The van der Waals surface area contributed by atoms with Crippen LogP contribution < -0.4 is 10.1 Å². The van der Waals surface area contributed by atoms with Gasteiger partial charge in [0.05, 0.1) is 13.7 Å². The van der Waals surface area contributed by atoms with E-state index in [9.17, 15) is 0 Å². The topological polar surface area (TPSA) is 41.5 Å². The fourth-order valence-electron chi connectivity index (χ4n) is 1.45. The Bertz CT molecular complexity index is 348. The average molecular weight is 221 g/mol. The molecule has 0 atom stereocenters. The van der Waals surface area contributed by atoms with E-state index in [1.165, 1.54) is 0 Å². The van der Waals surface area contributed by atoms with Crippen LogP contribution in [0.5, 0.6) is 5.75 Å². The Kier molecular flexibility index (Phi) is 5.61. The van der Waals surface area contributed by atoms with Crippen LogP contribution in [-0.4, -0.2) is 25.8 Å². The van der Waals surface area contributed by atoms with Gasteiger partial charge in [-0.25, -0.2) is 0 Å². The number of nitrogens with one attached hydrogen (secondary N) is 1. The van der Waals surface area contributed by atoms with Gasteiger partial charge in [0.25, 0.3) is 0 Å². The Morgan fingerprint density at radius 2 is 2.25 bits per heavy atom. The lowest BCUT2D eigenvalue weighted by atomic mass is 10.1. The summed E-state index contributed by atoms with van der Waals surface area (Å²) in [6.07, 6.45) is 5.09. The Morgan fingerprint density at radius 3 is 2.88 bits per heavy atom. The Hall–Kier alpha value is -1.32. The first-order chi connectivity index (χ1) is 7.81. The summed E-state index contributed by atoms with van der Waals surface area (Å²) < 4.78 is 5.25. The maximum absolute atomic E-state index is 9.06. The number of hydrogen-bond donors (Lipinski definition) is 2. The highest BCUT2D eigenvalue weighted by atomic mass is 16.5. The highest BCUT2D eigenvalue weighted by molar-refractivity contribution is 5.58. The molecule has 0 bridgehead atoms. The van der Waals surface area contributed by atoms with E-state index in [2.05, 4.69) is 11.4 Å². The van der Waals surface area contributed by atoms with Gasteiger partial charge in [-0.3, -0.25) is 0 Å². The molecule has 0 fully saturated rings. The van der Waals surface area contributed by atoms with Crippen molar-refractivity contribution < 1.29 is 9.84 Å². The summed E-state index contributed by atoms with van der Waals surface area (Å²) in [5.41, 5.74) is 1.90. The van der Waals surface area contributed by atoms with E-state index in [0.29, 0.717) is 0 Å². The molecule has 88 valence electrons. The van der Waals surface area contributed by atoms with Crippen LogP contribution in [0.4, 0.5) is 0 Å². The molecule has 0 aromatic heterocycles. The first-order valence-corrected chi connectivity index (χ1v) is 5.40. The van der Waals surface area contributed by atoms with Gasteiger partial charge in [0, 0.05) is 5.56 Å². The third kappa shape index (κ3) is 3.68. The van der Waals surface area contributed by atoms with Crippen molar-refractivity contribution in [2.24, 2.45) is 0 Å². The van der Waals surface area contributed by atoms with Crippen LogP contribution in [-0.2, 0) is 6.61 Å². The van der Waals surface area contributed by atoms with Gasteiger partial charge in [0.2, 0.25) is 0 Å². The zero-order chi connectivity index (χ0) is 11.8. The predicted molar refractivity (Wildman–Crippen MR) is 66.5 cm³/mol. The molecule has 0 unspecified atom stereocenters. The zero-order valence-electron chi connectivity index (χ0n) is 9.86. The van der Waals surface area contributed by atoms with Crippen LogP contribution in [0.15, 0.2) is 24.3 Å². The molecule has 0 spiro atoms. The quantitative estimate of drug-likeness (QED) is 0.720. The highest BCUT2D eigenvalue weighted by Gasteiger charge is 2.00. The Balaban J connectivity index is 2.78. The summed E-state index contributed by atoms with van der Waals surface area (Å²) in [5.74, 6) is 0.831. The second-order valence-electron chi connectivity index (χ2n) is 3.53. The van der Waals surface area contributed by atoms with E-state index in [0.717, 1.165) is 29.8 Å². The van der Waals surface area contributed by atoms with E-state index in [1.807, 2.05) is 31.3 Å². The molecule has 2 N–H and O–H groups in total. The lowest BCUT2D eigenvalue weighted by Crippen LogP contribution is -2.05. The third-order valence-corrected chi connectivity index (χ3v) is 2.34. The number of benzene rings is 1. The number of aliphatic hydroxyl groups is 1. The van der Waals surface area contributed by atoms with Crippen LogP contribution in [0.3, 0.4) is 0 Å². The van der Waals surface area contributed by atoms with Gasteiger partial charge >= 0.3 is 0 Å². The lowest BCUT2D eigenvalue weighted by molar-refractivity contribution is 0.281. The molecule has 0 amide bonds. The number of hydrogen-bond acceptors (Lipinski definition) is 3. The van der Waals surface area contributed by atoms with Crippen molar-refractivity contribution in [3.05, 3.63) is 35.4 Å². The molecule has 0 heterocycles. The molecule has 16 heavy (non-hydrogen) atoms. The second kappa shape index (κ2) is 7.04. The van der Waals surface area contributed by atoms with Crippen LogP contribution in [0.2, 0.25) is 0 Å². The molecule has 3 nitrogen and oxygen atoms in total. The van der Waals surface area contributed by atoms with Crippen LogP contribution >= 0.6 is 0 Å². The molecular formula is C13H19NO2. The number of aliphatic hydroxyl groups excluding tert-OH is 1. The van der Waals surface area contributed by atoms with Gasteiger partial charge in [0.1, 0.15) is 5.75 Å². The highest BCUT2D eigenvalue weighted by Crippen LogP contribution is 2.21. The molecule has 3 heteroatoms. The van der Waals surface area contributed by atoms with E-state index >= 15 is 0 Å². The fourth-order valence-corrected chi connectivity index (χ4v) is 1.45. The van der Waals surface area contributed by atoms with Gasteiger partial charge in [-0.05, 0) is 37.7 Å². The summed E-state index contributed by atoms with van der Waals surface area (Å²) in [4.78, 5) is 0. The van der Waals surface area contributed by atoms with Crippen molar-refractivity contribution in [3.8, 4) is 5.75 Å². The van der Waals surface area contributed by atoms with Crippen LogP contribution in [0.25, 0.3) is 6.08 Å². The minimum Gasteiger partial charge on any atom is -0.496 e. The molecule has 0 aliphatic heterocycles. The fraction of sp³-hybridized carbons (Fsp3) is 0.385. The maximum Gasteiger partial charge on any atom is 0.126 e. The molecule has 0 aliphatic rings. The molecule has 0 radical (unpaired) electrons. The van der Waals surface area contributed by atoms with Gasteiger partial charge in [-0.15, -0.1) is 0 Å². The van der Waals surface area contributed by atoms with Crippen LogP contribution in [0, 0.1) is 0 Å². The molecule has 0 aliphatic carbocycles. The molecule has 1 aromatic rings. The first-order valence-electron chi connectivity index (χ1n) is 5.40. The standard InChI is InChI=1S/C13H19NO2/c1-14-8-4-3-5-12-9-11(10-15)6-7-13(12)16-2/h3,5-7,9,14-15H,4,8,10H2,1-2H3. The van der Waals surface area contributed by atoms with Gasteiger partial charge in [-0.2, -0.15) is 0 Å². The molecular weight excluding hydrogens is 202 g/mol. The summed E-state index contributed by atoms with van der Waals surface area (Å²) >= 11 is 0. The van der Waals surface area contributed by atoms with Gasteiger partial charge in [0.15, 0.2) is 0 Å². The van der Waals surface area contributed by atoms with E-state index in [-0.39, 0.29) is 6.61 Å². The van der Waals surface area contributed by atoms with E-state index in [4.69, 9.17) is 9.84 Å². The zero-order valence-corrected chi connectivity index (χ0v) is 9.86. The van der Waals surface area contributed by atoms with Crippen molar-refractivity contribution in [3.63, 3.8) is 0 Å². The number of methoxy groups -OCH3 is 1. The van der Waals surface area contributed by atoms with Gasteiger partial charge in [-0.1, -0.05) is 18.2 Å². The van der Waals surface area contributed by atoms with Crippen molar-refractivity contribution in [2.45, 2.75) is 13.0 Å². The largest absolute Gasteiger partial charge is 0.496 e. The maximum atomic E-state index is 9.06. The Labute approximate surface area is 96.8 Å². The van der Waals surface area contributed by atoms with E-state index in [1.54, 1.807) is 7.11 Å². The Morgan fingerprint density at radius 1 is 1.44 bits per heavy atom. The monoisotopic (exact) mass is 221 g/mol. The predicted octanol–water partition coefficient (Wildman–Crippen LogP) is 1.81. The van der Waals surface area contributed by atoms with Gasteiger partial charge < -0.3 is 15.2 Å². The molecule has 1 rings (SSSR count). The minimum absolute atomic E-state index is 0.0569. The molecule has 0 saturated carbocycles. The first kappa shape index (κ1) is 12.7. The SMILES string of the molecule is CNCCC=Cc1cc(CO)ccc1OC. The lowest BCUT2D eigenvalue weighted by Gasteiger charge is -2.06. The smallest absolute Gasteiger partial charge is 0.126 e. The summed E-state index contributed by atoms with van der Waals surface area (Å²) in [7, 11) is 3.58. The van der Waals surface area contributed by atoms with Crippen molar-refractivity contribution in [1.82, 2.24) is 5.32 Å². The van der Waals surface area contributed by atoms with Crippen molar-refractivity contribution in [2.75, 3.05) is 20.7 Å². The summed E-state index contributed by atoms with van der Waals surface area (Å²) in [5, 5.41) is 12.1. The number of rotatable bonds is 6. The second-order valence-corrected chi connectivity index (χ2v) is 3.53. The molecule has 1 aromatic carbocycles. The normalized spacial score (nSPS) is 10.9. The molecule has 0 saturated heterocycles. The van der Waals surface area contributed by atoms with Crippen LogP contribution in [0.1, 0.15) is 17.5 Å². The summed E-state index contributed by atoms with van der Waals surface area (Å²) in [6.45, 7) is 1.01. The average Bonchev–Trinajstić information content (AvgIpc) is 2.34. The summed E-state index contributed by atoms with van der Waals surface area (Å²) in [6, 6.07) is 5.68. The van der Waals surface area contributed by atoms with Crippen molar-refractivity contribution in [1.29, 1.82) is 0 Å². The number of ether oxygens (including phenoxy) is 1.